The number of nitrogens with zero attached hydrogens (tertiary/aromatic N) is 2. The van der Waals surface area contributed by atoms with Gasteiger partial charge in [0.15, 0.2) is 0 Å². The first-order valence-electron chi connectivity index (χ1n) is 10.9. The zero-order valence-corrected chi connectivity index (χ0v) is 18.8. The Bertz CT molecular complexity index is 1270. The summed E-state index contributed by atoms with van der Waals surface area (Å²) in [6.07, 6.45) is -3.08. The molecule has 0 bridgehead atoms. The highest BCUT2D eigenvalue weighted by Crippen LogP contribution is 2.40. The number of carbonyl (C=O) groups is 1. The van der Waals surface area contributed by atoms with Gasteiger partial charge in [-0.2, -0.15) is 13.2 Å². The van der Waals surface area contributed by atoms with E-state index in [9.17, 15) is 23.1 Å². The fourth-order valence-corrected chi connectivity index (χ4v) is 3.86. The molecule has 1 atom stereocenters. The van der Waals surface area contributed by atoms with Crippen molar-refractivity contribution in [2.75, 3.05) is 6.61 Å². The van der Waals surface area contributed by atoms with E-state index in [1.807, 2.05) is 37.3 Å². The average molecular weight is 484 g/mol. The summed E-state index contributed by atoms with van der Waals surface area (Å²) >= 11 is 0. The van der Waals surface area contributed by atoms with Crippen molar-refractivity contribution in [3.8, 4) is 17.2 Å². The van der Waals surface area contributed by atoms with E-state index in [0.717, 1.165) is 23.7 Å². The lowest BCUT2D eigenvalue weighted by atomic mass is 9.89. The van der Waals surface area contributed by atoms with E-state index in [1.54, 1.807) is 0 Å². The molecule has 0 amide bonds. The Balaban J connectivity index is 1.42. The Hall–Kier alpha value is -4.01. The third kappa shape index (κ3) is 4.94. The maximum Gasteiger partial charge on any atom is 0.423 e. The van der Waals surface area contributed by atoms with Gasteiger partial charge in [0.1, 0.15) is 11.5 Å². The summed E-state index contributed by atoms with van der Waals surface area (Å²) in [5, 5.41) is 9.59. The molecule has 6 nitrogen and oxygen atoms in total. The number of halogens is 3. The molecule has 0 radical (unpaired) electrons. The largest absolute Gasteiger partial charge is 0.493 e. The minimum atomic E-state index is -5.01. The van der Waals surface area contributed by atoms with Crippen LogP contribution in [0.5, 0.6) is 5.75 Å². The van der Waals surface area contributed by atoms with Crippen LogP contribution < -0.4 is 4.74 Å². The van der Waals surface area contributed by atoms with Gasteiger partial charge >= 0.3 is 12.1 Å². The molecule has 4 aromatic rings. The van der Waals surface area contributed by atoms with Crippen LogP contribution in [0.3, 0.4) is 0 Å². The normalized spacial score (nSPS) is 13.4. The molecule has 0 fully saturated rings. The number of ether oxygens (including phenoxy) is 1. The number of carboxylic acids is 1. The van der Waals surface area contributed by atoms with Crippen molar-refractivity contribution in [3.05, 3.63) is 96.1 Å². The van der Waals surface area contributed by atoms with Crippen molar-refractivity contribution in [1.82, 2.24) is 9.55 Å². The number of oxazole rings is 1. The van der Waals surface area contributed by atoms with Gasteiger partial charge < -0.3 is 18.8 Å². The van der Waals surface area contributed by atoms with E-state index in [0.29, 0.717) is 28.4 Å². The minimum Gasteiger partial charge on any atom is -0.493 e. The fourth-order valence-electron chi connectivity index (χ4n) is 3.86. The second-order valence-electron chi connectivity index (χ2n) is 8.06. The first-order valence-corrected chi connectivity index (χ1v) is 10.9. The van der Waals surface area contributed by atoms with Gasteiger partial charge in [-0.05, 0) is 48.9 Å². The van der Waals surface area contributed by atoms with Crippen LogP contribution in [0.25, 0.3) is 11.5 Å². The van der Waals surface area contributed by atoms with Crippen LogP contribution in [0.1, 0.15) is 17.0 Å². The molecule has 0 saturated carbocycles. The summed E-state index contributed by atoms with van der Waals surface area (Å²) in [7, 11) is 0. The maximum absolute atomic E-state index is 14.0. The van der Waals surface area contributed by atoms with Crippen molar-refractivity contribution in [2.45, 2.75) is 31.5 Å². The molecule has 0 aliphatic rings. The number of benzene rings is 2. The highest BCUT2D eigenvalue weighted by atomic mass is 19.4. The van der Waals surface area contributed by atoms with Crippen LogP contribution in [0.4, 0.5) is 13.2 Å². The van der Waals surface area contributed by atoms with Gasteiger partial charge in [0.25, 0.3) is 0 Å². The van der Waals surface area contributed by atoms with Gasteiger partial charge in [0, 0.05) is 30.8 Å². The molecule has 2 aromatic carbocycles. The molecule has 0 spiro atoms. The molecule has 0 saturated heterocycles. The molecule has 182 valence electrons. The highest BCUT2D eigenvalue weighted by Gasteiger charge is 2.62. The van der Waals surface area contributed by atoms with Crippen LogP contribution in [0.2, 0.25) is 0 Å². The van der Waals surface area contributed by atoms with Crippen molar-refractivity contribution in [2.24, 2.45) is 0 Å². The Morgan fingerprint density at radius 3 is 2.29 bits per heavy atom. The van der Waals surface area contributed by atoms with Crippen LogP contribution in [-0.2, 0) is 23.2 Å². The number of rotatable bonds is 9. The van der Waals surface area contributed by atoms with Crippen LogP contribution in [0, 0.1) is 6.92 Å². The minimum absolute atomic E-state index is 0.214. The lowest BCUT2D eigenvalue weighted by Crippen LogP contribution is -2.55. The average Bonchev–Trinajstić information content (AvgIpc) is 3.48. The molecule has 1 unspecified atom stereocenters. The van der Waals surface area contributed by atoms with Crippen LogP contribution in [0.15, 0.2) is 83.5 Å². The molecule has 35 heavy (non-hydrogen) atoms. The molecule has 2 aromatic heterocycles. The Labute approximate surface area is 199 Å². The van der Waals surface area contributed by atoms with E-state index in [2.05, 4.69) is 4.98 Å². The summed E-state index contributed by atoms with van der Waals surface area (Å²) in [5.74, 6) is -0.312. The molecule has 2 heterocycles. The zero-order valence-electron chi connectivity index (χ0n) is 18.8. The molecular formula is C26H23F3N2O4. The van der Waals surface area contributed by atoms with E-state index in [4.69, 9.17) is 9.15 Å². The summed E-state index contributed by atoms with van der Waals surface area (Å²) in [6.45, 7) is 2.11. The zero-order chi connectivity index (χ0) is 25.1. The standard InChI is InChI=1S/C26H23F3N2O4/c1-18-22(30-23(35-18)20-7-3-2-4-8-20)13-16-34-21-11-9-19(10-12-21)17-25(24(32)33,26(27,28)29)31-14-5-6-15-31/h2-12,14-15H,13,16-17H2,1H3,(H,32,33). The summed E-state index contributed by atoms with van der Waals surface area (Å²) < 4.78 is 54.1. The van der Waals surface area contributed by atoms with Gasteiger partial charge in [0.05, 0.1) is 12.3 Å². The number of aromatic nitrogens is 2. The van der Waals surface area contributed by atoms with Crippen molar-refractivity contribution < 1.29 is 32.2 Å². The van der Waals surface area contributed by atoms with E-state index >= 15 is 0 Å². The predicted molar refractivity (Wildman–Crippen MR) is 122 cm³/mol. The van der Waals surface area contributed by atoms with E-state index < -0.39 is 24.1 Å². The first kappa shape index (κ1) is 24.1. The summed E-state index contributed by atoms with van der Waals surface area (Å²) in [4.78, 5) is 16.4. The second-order valence-corrected chi connectivity index (χ2v) is 8.06. The monoisotopic (exact) mass is 484 g/mol. The number of aryl methyl sites for hydroxylation is 1. The summed E-state index contributed by atoms with van der Waals surface area (Å²) in [5.41, 5.74) is -1.27. The smallest absolute Gasteiger partial charge is 0.423 e. The van der Waals surface area contributed by atoms with Crippen LogP contribution >= 0.6 is 0 Å². The van der Waals surface area contributed by atoms with Gasteiger partial charge in [-0.15, -0.1) is 0 Å². The Morgan fingerprint density at radius 2 is 1.69 bits per heavy atom. The third-order valence-electron chi connectivity index (χ3n) is 5.77. The maximum atomic E-state index is 14.0. The highest BCUT2D eigenvalue weighted by molar-refractivity contribution is 5.78. The Kier molecular flexibility index (Phi) is 6.68. The Morgan fingerprint density at radius 1 is 1.03 bits per heavy atom. The van der Waals surface area contributed by atoms with Crippen molar-refractivity contribution >= 4 is 5.97 Å². The topological polar surface area (TPSA) is 77.5 Å². The molecule has 9 heteroatoms. The fraction of sp³-hybridized carbons (Fsp3) is 0.231. The lowest BCUT2D eigenvalue weighted by molar-refractivity contribution is -0.224. The van der Waals surface area contributed by atoms with E-state index in [-0.39, 0.29) is 12.2 Å². The van der Waals surface area contributed by atoms with Gasteiger partial charge in [-0.1, -0.05) is 30.3 Å². The molecule has 4 rings (SSSR count). The third-order valence-corrected chi connectivity index (χ3v) is 5.77. The number of hydrogen-bond acceptors (Lipinski definition) is 4. The van der Waals surface area contributed by atoms with E-state index in [1.165, 1.54) is 36.4 Å². The first-order chi connectivity index (χ1) is 16.7. The number of alkyl halides is 3. The lowest BCUT2D eigenvalue weighted by Gasteiger charge is -2.33. The predicted octanol–water partition coefficient (Wildman–Crippen LogP) is 5.66. The number of hydrogen-bond donors (Lipinski definition) is 1. The molecule has 0 aliphatic carbocycles. The number of aliphatic carboxylic acids is 1. The van der Waals surface area contributed by atoms with Crippen LogP contribution in [-0.4, -0.2) is 33.4 Å². The molecule has 1 N–H and O–H groups in total. The summed E-state index contributed by atoms with van der Waals surface area (Å²) in [6, 6.07) is 18.2. The van der Waals surface area contributed by atoms with Gasteiger partial charge in [-0.3, -0.25) is 0 Å². The molecular weight excluding hydrogens is 461 g/mol. The van der Waals surface area contributed by atoms with Gasteiger partial charge in [-0.25, -0.2) is 9.78 Å². The molecule has 0 aliphatic heterocycles. The second kappa shape index (κ2) is 9.69. The SMILES string of the molecule is Cc1oc(-c2ccccc2)nc1CCOc1ccc(CC(C(=O)O)(n2cccc2)C(F)(F)F)cc1. The van der Waals surface area contributed by atoms with Crippen molar-refractivity contribution in [1.29, 1.82) is 0 Å². The quantitative estimate of drug-likeness (QED) is 0.332. The van der Waals surface area contributed by atoms with Crippen molar-refractivity contribution in [3.63, 3.8) is 0 Å². The number of carboxylic acid groups (broad SMARTS) is 1. The van der Waals surface area contributed by atoms with Gasteiger partial charge in [0.2, 0.25) is 11.4 Å².